The maximum atomic E-state index is 12.8. The van der Waals surface area contributed by atoms with Crippen molar-refractivity contribution in [1.29, 1.82) is 0 Å². The molecule has 130 valence electrons. The lowest BCUT2D eigenvalue weighted by molar-refractivity contribution is -0.139. The Balaban J connectivity index is 1.91. The van der Waals surface area contributed by atoms with Crippen molar-refractivity contribution in [2.75, 3.05) is 12.4 Å². The van der Waals surface area contributed by atoms with Crippen LogP contribution in [0.3, 0.4) is 0 Å². The molecule has 0 N–H and O–H groups in total. The molecule has 0 unspecified atom stereocenters. The molecule has 0 radical (unpaired) electrons. The average Bonchev–Trinajstić information content (AvgIpc) is 3.02. The Labute approximate surface area is 149 Å². The Morgan fingerprint density at radius 2 is 2.17 bits per heavy atom. The van der Waals surface area contributed by atoms with Crippen molar-refractivity contribution in [3.63, 3.8) is 0 Å². The summed E-state index contributed by atoms with van der Waals surface area (Å²) < 4.78 is 6.49. The Kier molecular flexibility index (Phi) is 5.61. The highest BCUT2D eigenvalue weighted by Gasteiger charge is 2.22. The van der Waals surface area contributed by atoms with Gasteiger partial charge in [-0.3, -0.25) is 14.2 Å². The van der Waals surface area contributed by atoms with Crippen LogP contribution in [-0.2, 0) is 16.6 Å². The second-order valence-corrected chi connectivity index (χ2v) is 7.86. The predicted octanol–water partition coefficient (Wildman–Crippen LogP) is 3.70. The minimum atomic E-state index is -0.286. The molecule has 0 atom stereocenters. The van der Waals surface area contributed by atoms with Crippen LogP contribution in [0.1, 0.15) is 50.5 Å². The van der Waals surface area contributed by atoms with E-state index >= 15 is 0 Å². The van der Waals surface area contributed by atoms with E-state index < -0.39 is 0 Å². The van der Waals surface area contributed by atoms with Crippen molar-refractivity contribution in [3.8, 4) is 0 Å². The van der Waals surface area contributed by atoms with Crippen LogP contribution in [0, 0.1) is 0 Å². The van der Waals surface area contributed by atoms with Gasteiger partial charge in [-0.05, 0) is 36.6 Å². The van der Waals surface area contributed by atoms with Gasteiger partial charge in [0.1, 0.15) is 4.83 Å². The summed E-state index contributed by atoms with van der Waals surface area (Å²) in [4.78, 5) is 29.8. The standard InChI is InChI=1S/C17H22N2O3S2/c1-3-22-13(20)10-24-17-18-15-14(16(21)19(17)2)12(9-23-15)11-7-5-4-6-8-11/h9,11H,3-8,10H2,1-2H3. The van der Waals surface area contributed by atoms with Crippen molar-refractivity contribution in [1.82, 2.24) is 9.55 Å². The molecule has 2 heterocycles. The number of fused-ring (bicyclic) bond motifs is 1. The molecule has 0 aliphatic heterocycles. The van der Waals surface area contributed by atoms with Crippen LogP contribution in [-0.4, -0.2) is 27.9 Å². The molecule has 1 aliphatic rings. The number of nitrogens with zero attached hydrogens (tertiary/aromatic N) is 2. The zero-order valence-electron chi connectivity index (χ0n) is 14.0. The summed E-state index contributed by atoms with van der Waals surface area (Å²) in [7, 11) is 1.73. The molecular formula is C17H22N2O3S2. The summed E-state index contributed by atoms with van der Waals surface area (Å²) in [5.41, 5.74) is 1.16. The lowest BCUT2D eigenvalue weighted by atomic mass is 9.84. The molecule has 0 saturated heterocycles. The first-order chi connectivity index (χ1) is 11.6. The predicted molar refractivity (Wildman–Crippen MR) is 98.0 cm³/mol. The maximum Gasteiger partial charge on any atom is 0.316 e. The Hall–Kier alpha value is -1.34. The Bertz CT molecular complexity index is 791. The van der Waals surface area contributed by atoms with Gasteiger partial charge in [0.25, 0.3) is 5.56 Å². The van der Waals surface area contributed by atoms with Crippen molar-refractivity contribution >= 4 is 39.3 Å². The van der Waals surface area contributed by atoms with Gasteiger partial charge >= 0.3 is 5.97 Å². The largest absolute Gasteiger partial charge is 0.465 e. The first kappa shape index (κ1) is 17.5. The van der Waals surface area contributed by atoms with E-state index in [9.17, 15) is 9.59 Å². The van der Waals surface area contributed by atoms with E-state index in [2.05, 4.69) is 10.4 Å². The van der Waals surface area contributed by atoms with Crippen LogP contribution in [0.5, 0.6) is 0 Å². The average molecular weight is 367 g/mol. The lowest BCUT2D eigenvalue weighted by Gasteiger charge is -2.21. The lowest BCUT2D eigenvalue weighted by Crippen LogP contribution is -2.21. The number of thiophene rings is 1. The van der Waals surface area contributed by atoms with E-state index in [1.165, 1.54) is 47.9 Å². The summed E-state index contributed by atoms with van der Waals surface area (Å²) in [5.74, 6) is 0.367. The maximum absolute atomic E-state index is 12.8. The van der Waals surface area contributed by atoms with Gasteiger partial charge in [-0.2, -0.15) is 0 Å². The molecule has 24 heavy (non-hydrogen) atoms. The minimum Gasteiger partial charge on any atom is -0.465 e. The molecule has 5 nitrogen and oxygen atoms in total. The highest BCUT2D eigenvalue weighted by molar-refractivity contribution is 7.99. The van der Waals surface area contributed by atoms with Crippen LogP contribution >= 0.6 is 23.1 Å². The molecule has 0 aromatic carbocycles. The normalized spacial score (nSPS) is 15.8. The molecule has 0 spiro atoms. The molecular weight excluding hydrogens is 344 g/mol. The van der Waals surface area contributed by atoms with E-state index in [-0.39, 0.29) is 17.3 Å². The number of thioether (sulfide) groups is 1. The van der Waals surface area contributed by atoms with Crippen molar-refractivity contribution in [2.45, 2.75) is 50.1 Å². The SMILES string of the molecule is CCOC(=O)CSc1nc2scc(C3CCCCC3)c2c(=O)n1C. The third-order valence-electron chi connectivity index (χ3n) is 4.47. The molecule has 2 aromatic heterocycles. The number of aromatic nitrogens is 2. The third kappa shape index (κ3) is 3.52. The van der Waals surface area contributed by atoms with Crippen LogP contribution < -0.4 is 5.56 Å². The van der Waals surface area contributed by atoms with Gasteiger partial charge < -0.3 is 4.74 Å². The van der Waals surface area contributed by atoms with Crippen molar-refractivity contribution < 1.29 is 9.53 Å². The van der Waals surface area contributed by atoms with Crippen LogP contribution in [0.2, 0.25) is 0 Å². The zero-order valence-corrected chi connectivity index (χ0v) is 15.7. The topological polar surface area (TPSA) is 61.2 Å². The minimum absolute atomic E-state index is 0.00631. The van der Waals surface area contributed by atoms with Crippen LogP contribution in [0.15, 0.2) is 15.3 Å². The summed E-state index contributed by atoms with van der Waals surface area (Å²) in [6, 6.07) is 0. The van der Waals surface area contributed by atoms with Crippen LogP contribution in [0.4, 0.5) is 0 Å². The van der Waals surface area contributed by atoms with E-state index in [1.807, 2.05) is 0 Å². The number of carbonyl (C=O) groups is 1. The monoisotopic (exact) mass is 366 g/mol. The number of rotatable bonds is 5. The van der Waals surface area contributed by atoms with Crippen LogP contribution in [0.25, 0.3) is 10.2 Å². The number of hydrogen-bond donors (Lipinski definition) is 0. The van der Waals surface area contributed by atoms with E-state index in [1.54, 1.807) is 18.5 Å². The van der Waals surface area contributed by atoms with Gasteiger partial charge in [-0.1, -0.05) is 31.0 Å². The molecule has 1 saturated carbocycles. The molecule has 0 amide bonds. The summed E-state index contributed by atoms with van der Waals surface area (Å²) in [5, 5.41) is 3.45. The summed E-state index contributed by atoms with van der Waals surface area (Å²) in [6.45, 7) is 2.14. The zero-order chi connectivity index (χ0) is 17.1. The molecule has 7 heteroatoms. The highest BCUT2D eigenvalue weighted by atomic mass is 32.2. The number of ether oxygens (including phenoxy) is 1. The molecule has 1 fully saturated rings. The van der Waals surface area contributed by atoms with Gasteiger partial charge in [0.05, 0.1) is 17.7 Å². The number of hydrogen-bond acceptors (Lipinski definition) is 6. The first-order valence-electron chi connectivity index (χ1n) is 8.38. The second kappa shape index (κ2) is 7.70. The molecule has 2 aromatic rings. The molecule has 0 bridgehead atoms. The Morgan fingerprint density at radius 1 is 1.42 bits per heavy atom. The highest BCUT2D eigenvalue weighted by Crippen LogP contribution is 2.37. The van der Waals surface area contributed by atoms with Gasteiger partial charge in [0, 0.05) is 7.05 Å². The Morgan fingerprint density at radius 3 is 2.88 bits per heavy atom. The second-order valence-electron chi connectivity index (χ2n) is 6.06. The van der Waals surface area contributed by atoms with Crippen molar-refractivity contribution in [3.05, 3.63) is 21.3 Å². The van der Waals surface area contributed by atoms with E-state index in [0.717, 1.165) is 23.1 Å². The van der Waals surface area contributed by atoms with Crippen molar-refractivity contribution in [2.24, 2.45) is 7.05 Å². The third-order valence-corrected chi connectivity index (χ3v) is 6.37. The number of carbonyl (C=O) groups excluding carboxylic acids is 1. The smallest absolute Gasteiger partial charge is 0.316 e. The fourth-order valence-electron chi connectivity index (χ4n) is 3.24. The molecule has 3 rings (SSSR count). The van der Waals surface area contributed by atoms with E-state index in [4.69, 9.17) is 4.74 Å². The van der Waals surface area contributed by atoms with Gasteiger partial charge in [-0.15, -0.1) is 11.3 Å². The molecule has 1 aliphatic carbocycles. The quantitative estimate of drug-likeness (QED) is 0.459. The first-order valence-corrected chi connectivity index (χ1v) is 10.2. The fourth-order valence-corrected chi connectivity index (χ4v) is 5.07. The van der Waals surface area contributed by atoms with Gasteiger partial charge in [-0.25, -0.2) is 4.98 Å². The van der Waals surface area contributed by atoms with Gasteiger partial charge in [0.15, 0.2) is 5.16 Å². The van der Waals surface area contributed by atoms with Gasteiger partial charge in [0.2, 0.25) is 0 Å². The fraction of sp³-hybridized carbons (Fsp3) is 0.588. The van der Waals surface area contributed by atoms with E-state index in [0.29, 0.717) is 17.7 Å². The summed E-state index contributed by atoms with van der Waals surface area (Å²) >= 11 is 2.79. The summed E-state index contributed by atoms with van der Waals surface area (Å²) in [6.07, 6.45) is 6.10. The number of esters is 1.